The SMILES string of the molecule is CC1(C)CCCC2(C1)OC(=O)CS2. The van der Waals surface area contributed by atoms with Crippen molar-refractivity contribution >= 4 is 17.7 Å². The second kappa shape index (κ2) is 2.91. The van der Waals surface area contributed by atoms with E-state index in [-0.39, 0.29) is 10.9 Å². The first-order valence-electron chi connectivity index (χ1n) is 4.87. The monoisotopic (exact) mass is 200 g/mol. The number of rotatable bonds is 0. The van der Waals surface area contributed by atoms with E-state index in [2.05, 4.69) is 13.8 Å². The first-order valence-corrected chi connectivity index (χ1v) is 5.86. The molecule has 0 amide bonds. The van der Waals surface area contributed by atoms with Gasteiger partial charge in [-0.05, 0) is 24.7 Å². The van der Waals surface area contributed by atoms with Crippen LogP contribution in [0.25, 0.3) is 0 Å². The summed E-state index contributed by atoms with van der Waals surface area (Å²) in [7, 11) is 0. The lowest BCUT2D eigenvalue weighted by atomic mass is 9.76. The van der Waals surface area contributed by atoms with Gasteiger partial charge in [-0.2, -0.15) is 0 Å². The van der Waals surface area contributed by atoms with Crippen molar-refractivity contribution in [3.05, 3.63) is 0 Å². The minimum absolute atomic E-state index is 0.0253. The molecule has 1 saturated heterocycles. The van der Waals surface area contributed by atoms with Gasteiger partial charge in [-0.3, -0.25) is 4.79 Å². The highest BCUT2D eigenvalue weighted by molar-refractivity contribution is 8.01. The zero-order chi connectivity index (χ0) is 9.53. The molecule has 0 aromatic rings. The van der Waals surface area contributed by atoms with E-state index < -0.39 is 0 Å². The quantitative estimate of drug-likeness (QED) is 0.562. The van der Waals surface area contributed by atoms with E-state index in [1.807, 2.05) is 0 Å². The molecule has 2 fully saturated rings. The number of ether oxygens (including phenoxy) is 1. The van der Waals surface area contributed by atoms with E-state index in [1.54, 1.807) is 11.8 Å². The van der Waals surface area contributed by atoms with Gasteiger partial charge in [-0.25, -0.2) is 0 Å². The second-order valence-corrected chi connectivity index (χ2v) is 6.19. The minimum atomic E-state index is -0.154. The molecule has 2 rings (SSSR count). The Hall–Kier alpha value is -0.180. The third-order valence-electron chi connectivity index (χ3n) is 2.91. The smallest absolute Gasteiger partial charge is 0.317 e. The van der Waals surface area contributed by atoms with Crippen LogP contribution in [0.2, 0.25) is 0 Å². The number of hydrogen-bond donors (Lipinski definition) is 0. The normalized spacial score (nSPS) is 37.8. The molecular weight excluding hydrogens is 184 g/mol. The Morgan fingerprint density at radius 1 is 1.38 bits per heavy atom. The van der Waals surface area contributed by atoms with Crippen LogP contribution in [0, 0.1) is 5.41 Å². The fourth-order valence-electron chi connectivity index (χ4n) is 2.41. The lowest BCUT2D eigenvalue weighted by Gasteiger charge is -2.40. The summed E-state index contributed by atoms with van der Waals surface area (Å²) in [6, 6.07) is 0. The van der Waals surface area contributed by atoms with E-state index >= 15 is 0 Å². The number of carbonyl (C=O) groups is 1. The topological polar surface area (TPSA) is 26.3 Å². The van der Waals surface area contributed by atoms with Gasteiger partial charge < -0.3 is 4.74 Å². The molecule has 0 N–H and O–H groups in total. The molecular formula is C10H16O2S. The average Bonchev–Trinajstić information content (AvgIpc) is 2.29. The zero-order valence-corrected chi connectivity index (χ0v) is 9.08. The second-order valence-electron chi connectivity index (χ2n) is 4.87. The van der Waals surface area contributed by atoms with Gasteiger partial charge in [0.15, 0.2) is 4.93 Å². The summed E-state index contributed by atoms with van der Waals surface area (Å²) in [6.45, 7) is 4.53. The van der Waals surface area contributed by atoms with Crippen molar-refractivity contribution in [3.63, 3.8) is 0 Å². The van der Waals surface area contributed by atoms with Gasteiger partial charge in [0.2, 0.25) is 0 Å². The average molecular weight is 200 g/mol. The standard InChI is InChI=1S/C10H16O2S/c1-9(2)4-3-5-10(7-9)12-8(11)6-13-10/h3-7H2,1-2H3. The van der Waals surface area contributed by atoms with E-state index in [4.69, 9.17) is 4.74 Å². The third kappa shape index (κ3) is 1.85. The van der Waals surface area contributed by atoms with Gasteiger partial charge in [-0.1, -0.05) is 13.8 Å². The van der Waals surface area contributed by atoms with Gasteiger partial charge in [0.25, 0.3) is 0 Å². The summed E-state index contributed by atoms with van der Waals surface area (Å²) in [5.74, 6) is 0.526. The third-order valence-corrected chi connectivity index (χ3v) is 4.25. The number of carbonyl (C=O) groups excluding carboxylic acids is 1. The molecule has 0 bridgehead atoms. The largest absolute Gasteiger partial charge is 0.447 e. The highest BCUT2D eigenvalue weighted by atomic mass is 32.2. The molecule has 1 spiro atoms. The van der Waals surface area contributed by atoms with E-state index in [9.17, 15) is 4.79 Å². The number of thioether (sulfide) groups is 1. The van der Waals surface area contributed by atoms with Crippen LogP contribution in [-0.4, -0.2) is 16.7 Å². The first kappa shape index (κ1) is 9.38. The Morgan fingerprint density at radius 2 is 2.15 bits per heavy atom. The van der Waals surface area contributed by atoms with Gasteiger partial charge in [0, 0.05) is 6.42 Å². The zero-order valence-electron chi connectivity index (χ0n) is 8.26. The van der Waals surface area contributed by atoms with Crippen molar-refractivity contribution in [2.45, 2.75) is 44.5 Å². The molecule has 1 unspecified atom stereocenters. The van der Waals surface area contributed by atoms with Crippen LogP contribution in [-0.2, 0) is 9.53 Å². The van der Waals surface area contributed by atoms with E-state index in [0.717, 1.165) is 12.8 Å². The van der Waals surface area contributed by atoms with Crippen molar-refractivity contribution in [3.8, 4) is 0 Å². The highest BCUT2D eigenvalue weighted by Crippen LogP contribution is 2.51. The first-order chi connectivity index (χ1) is 6.02. The Bertz CT molecular complexity index is 237. The fourth-order valence-corrected chi connectivity index (χ4v) is 3.78. The molecule has 2 nitrogen and oxygen atoms in total. The molecule has 3 heteroatoms. The Labute approximate surface area is 83.4 Å². The van der Waals surface area contributed by atoms with Crippen LogP contribution in [0.3, 0.4) is 0 Å². The summed E-state index contributed by atoms with van der Waals surface area (Å²) >= 11 is 1.70. The van der Waals surface area contributed by atoms with Crippen molar-refractivity contribution in [1.82, 2.24) is 0 Å². The van der Waals surface area contributed by atoms with Crippen LogP contribution in [0.15, 0.2) is 0 Å². The minimum Gasteiger partial charge on any atom is -0.447 e. The molecule has 1 atom stereocenters. The Balaban J connectivity index is 2.11. The lowest BCUT2D eigenvalue weighted by Crippen LogP contribution is -2.36. The van der Waals surface area contributed by atoms with E-state index in [1.165, 1.54) is 12.8 Å². The van der Waals surface area contributed by atoms with Crippen LogP contribution in [0.1, 0.15) is 39.5 Å². The Morgan fingerprint density at radius 3 is 2.69 bits per heavy atom. The summed E-state index contributed by atoms with van der Waals surface area (Å²) in [6.07, 6.45) is 4.52. The van der Waals surface area contributed by atoms with Gasteiger partial charge in [0.05, 0.1) is 5.75 Å². The summed E-state index contributed by atoms with van der Waals surface area (Å²) in [5.41, 5.74) is 0.343. The van der Waals surface area contributed by atoms with Gasteiger partial charge in [0.1, 0.15) is 0 Å². The molecule has 2 aliphatic rings. The molecule has 13 heavy (non-hydrogen) atoms. The molecule has 1 aliphatic carbocycles. The summed E-state index contributed by atoms with van der Waals surface area (Å²) in [5, 5.41) is 0. The van der Waals surface area contributed by atoms with Crippen molar-refractivity contribution in [2.24, 2.45) is 5.41 Å². The molecule has 0 aromatic carbocycles. The molecule has 1 heterocycles. The van der Waals surface area contributed by atoms with Crippen molar-refractivity contribution in [1.29, 1.82) is 0 Å². The molecule has 1 saturated carbocycles. The highest BCUT2D eigenvalue weighted by Gasteiger charge is 2.47. The van der Waals surface area contributed by atoms with Crippen LogP contribution in [0.4, 0.5) is 0 Å². The van der Waals surface area contributed by atoms with Gasteiger partial charge >= 0.3 is 5.97 Å². The lowest BCUT2D eigenvalue weighted by molar-refractivity contribution is -0.149. The maximum absolute atomic E-state index is 11.1. The predicted octanol–water partition coefficient (Wildman–Crippen LogP) is 2.57. The molecule has 0 radical (unpaired) electrons. The van der Waals surface area contributed by atoms with Crippen molar-refractivity contribution < 1.29 is 9.53 Å². The van der Waals surface area contributed by atoms with Crippen molar-refractivity contribution in [2.75, 3.05) is 5.75 Å². The fraction of sp³-hybridized carbons (Fsp3) is 0.900. The molecule has 0 aromatic heterocycles. The number of hydrogen-bond acceptors (Lipinski definition) is 3. The molecule has 74 valence electrons. The predicted molar refractivity (Wildman–Crippen MR) is 53.5 cm³/mol. The summed E-state index contributed by atoms with van der Waals surface area (Å²) in [4.78, 5) is 10.9. The Kier molecular flexibility index (Phi) is 2.10. The van der Waals surface area contributed by atoms with Crippen LogP contribution >= 0.6 is 11.8 Å². The van der Waals surface area contributed by atoms with E-state index in [0.29, 0.717) is 11.2 Å². The van der Waals surface area contributed by atoms with Crippen LogP contribution < -0.4 is 0 Å². The van der Waals surface area contributed by atoms with Crippen LogP contribution in [0.5, 0.6) is 0 Å². The maximum atomic E-state index is 11.1. The summed E-state index contributed by atoms with van der Waals surface area (Å²) < 4.78 is 5.45. The number of esters is 1. The molecule has 1 aliphatic heterocycles. The van der Waals surface area contributed by atoms with Gasteiger partial charge in [-0.15, -0.1) is 11.8 Å². The maximum Gasteiger partial charge on any atom is 0.317 e.